The molecule has 2 heterocycles. The van der Waals surface area contributed by atoms with Crippen LogP contribution in [0.15, 0.2) is 47.8 Å². The van der Waals surface area contributed by atoms with Crippen molar-refractivity contribution in [2.75, 3.05) is 5.75 Å². The predicted octanol–water partition coefficient (Wildman–Crippen LogP) is 3.02. The maximum Gasteiger partial charge on any atom is 0.231 e. The van der Waals surface area contributed by atoms with Crippen molar-refractivity contribution in [1.29, 1.82) is 0 Å². The van der Waals surface area contributed by atoms with Crippen LogP contribution in [-0.2, 0) is 16.0 Å². The number of nitrogens with zero attached hydrogens (tertiary/aromatic N) is 2. The van der Waals surface area contributed by atoms with Gasteiger partial charge in [0.05, 0.1) is 22.3 Å². The highest BCUT2D eigenvalue weighted by molar-refractivity contribution is 7.99. The molecule has 3 aromatic rings. The van der Waals surface area contributed by atoms with Crippen LogP contribution >= 0.6 is 23.4 Å². The van der Waals surface area contributed by atoms with Crippen LogP contribution in [0, 0.1) is 0 Å². The summed E-state index contributed by atoms with van der Waals surface area (Å²) in [6.45, 7) is 1.48. The molecule has 0 fully saturated rings. The van der Waals surface area contributed by atoms with E-state index in [-0.39, 0.29) is 17.4 Å². The molecule has 0 saturated carbocycles. The number of nitrogens with one attached hydrogen (secondary N) is 2. The van der Waals surface area contributed by atoms with E-state index in [0.29, 0.717) is 27.8 Å². The van der Waals surface area contributed by atoms with Crippen molar-refractivity contribution in [2.24, 2.45) is 0 Å². The summed E-state index contributed by atoms with van der Waals surface area (Å²) in [5, 5.41) is 3.88. The third kappa shape index (κ3) is 4.83. The maximum absolute atomic E-state index is 12.2. The fourth-order valence-corrected chi connectivity index (χ4v) is 3.28. The number of hydrogen-bond donors (Lipinski definition) is 2. The third-order valence-electron chi connectivity index (χ3n) is 3.73. The molecule has 0 aliphatic carbocycles. The van der Waals surface area contributed by atoms with Gasteiger partial charge >= 0.3 is 0 Å². The van der Waals surface area contributed by atoms with Gasteiger partial charge in [0.2, 0.25) is 5.91 Å². The Labute approximate surface area is 159 Å². The van der Waals surface area contributed by atoms with Crippen LogP contribution in [0.4, 0.5) is 0 Å². The number of pyridine rings is 1. The van der Waals surface area contributed by atoms with Gasteiger partial charge in [-0.3, -0.25) is 9.59 Å². The first-order valence-corrected chi connectivity index (χ1v) is 9.35. The Morgan fingerprint density at radius 1 is 1.31 bits per heavy atom. The van der Waals surface area contributed by atoms with E-state index in [4.69, 9.17) is 11.6 Å². The lowest BCUT2D eigenvalue weighted by Crippen LogP contribution is -2.42. The Morgan fingerprint density at radius 2 is 2.08 bits per heavy atom. The number of rotatable bonds is 7. The zero-order valence-electron chi connectivity index (χ0n) is 14.0. The van der Waals surface area contributed by atoms with Crippen LogP contribution in [0.3, 0.4) is 0 Å². The first kappa shape index (κ1) is 18.4. The second-order valence-electron chi connectivity index (χ2n) is 5.78. The number of thioether (sulfide) groups is 1. The molecule has 2 N–H and O–H groups in total. The fraction of sp³-hybridized carbons (Fsp3) is 0.222. The Morgan fingerprint density at radius 3 is 2.81 bits per heavy atom. The second-order valence-corrected chi connectivity index (χ2v) is 7.18. The first-order valence-electron chi connectivity index (χ1n) is 7.99. The molecule has 0 aliphatic heterocycles. The molecular weight excluding hydrogens is 372 g/mol. The number of H-pyrrole nitrogens is 1. The van der Waals surface area contributed by atoms with Gasteiger partial charge in [0.15, 0.2) is 16.6 Å². The summed E-state index contributed by atoms with van der Waals surface area (Å²) in [4.78, 5) is 35.6. The first-order chi connectivity index (χ1) is 12.5. The van der Waals surface area contributed by atoms with Crippen molar-refractivity contribution >= 4 is 46.2 Å². The van der Waals surface area contributed by atoms with Gasteiger partial charge < -0.3 is 10.3 Å². The molecule has 8 heteroatoms. The van der Waals surface area contributed by atoms with Gasteiger partial charge in [-0.05, 0) is 25.0 Å². The van der Waals surface area contributed by atoms with E-state index < -0.39 is 6.04 Å². The van der Waals surface area contributed by atoms with E-state index in [0.717, 1.165) is 5.56 Å². The Hall–Kier alpha value is -2.38. The average molecular weight is 389 g/mol. The van der Waals surface area contributed by atoms with Crippen molar-refractivity contribution in [3.63, 3.8) is 0 Å². The highest BCUT2D eigenvalue weighted by Crippen LogP contribution is 2.20. The number of fused-ring (bicyclic) bond motifs is 1. The standard InChI is InChI=1S/C18H17ClN4O2S/c1-11(24)14(7-12-5-3-2-4-6-12)21-16(25)10-26-18-22-15-8-13(19)9-20-17(15)23-18/h2-6,8-9,14H,7,10H2,1H3,(H,21,25)(H,20,22,23)/t14-/m1/s1. The molecule has 3 rings (SSSR count). The SMILES string of the molecule is CC(=O)[C@@H](Cc1ccccc1)NC(=O)CSc1nc2ncc(Cl)cc2[nH]1. The average Bonchev–Trinajstić information content (AvgIpc) is 3.02. The molecule has 0 spiro atoms. The van der Waals surface area contributed by atoms with Gasteiger partial charge in [-0.1, -0.05) is 53.7 Å². The summed E-state index contributed by atoms with van der Waals surface area (Å²) in [6, 6.07) is 10.8. The summed E-state index contributed by atoms with van der Waals surface area (Å²) in [6.07, 6.45) is 1.99. The van der Waals surface area contributed by atoms with E-state index in [9.17, 15) is 9.59 Å². The monoisotopic (exact) mass is 388 g/mol. The molecule has 26 heavy (non-hydrogen) atoms. The van der Waals surface area contributed by atoms with Crippen LogP contribution in [0.1, 0.15) is 12.5 Å². The van der Waals surface area contributed by atoms with E-state index in [1.54, 1.807) is 6.07 Å². The van der Waals surface area contributed by atoms with E-state index >= 15 is 0 Å². The molecule has 0 aliphatic rings. The van der Waals surface area contributed by atoms with Crippen molar-refractivity contribution < 1.29 is 9.59 Å². The number of carbonyl (C=O) groups excluding carboxylic acids is 2. The van der Waals surface area contributed by atoms with Gasteiger partial charge in [-0.15, -0.1) is 0 Å². The summed E-state index contributed by atoms with van der Waals surface area (Å²) >= 11 is 7.14. The summed E-state index contributed by atoms with van der Waals surface area (Å²) < 4.78 is 0. The highest BCUT2D eigenvalue weighted by Gasteiger charge is 2.18. The Kier molecular flexibility index (Phi) is 5.90. The summed E-state index contributed by atoms with van der Waals surface area (Å²) in [5.74, 6) is -0.154. The molecule has 134 valence electrons. The fourth-order valence-electron chi connectivity index (χ4n) is 2.44. The van der Waals surface area contributed by atoms with Crippen molar-refractivity contribution in [3.8, 4) is 0 Å². The van der Waals surface area contributed by atoms with Gasteiger partial charge in [0, 0.05) is 6.20 Å². The van der Waals surface area contributed by atoms with E-state index in [1.165, 1.54) is 24.9 Å². The quantitative estimate of drug-likeness (QED) is 0.607. The number of carbonyl (C=O) groups is 2. The highest BCUT2D eigenvalue weighted by atomic mass is 35.5. The molecule has 0 bridgehead atoms. The summed E-state index contributed by atoms with van der Waals surface area (Å²) in [7, 11) is 0. The van der Waals surface area contributed by atoms with Crippen LogP contribution < -0.4 is 5.32 Å². The smallest absolute Gasteiger partial charge is 0.231 e. The number of ketones is 1. The normalized spacial score (nSPS) is 12.1. The lowest BCUT2D eigenvalue weighted by Gasteiger charge is -2.15. The third-order valence-corrected chi connectivity index (χ3v) is 4.81. The molecule has 2 aromatic heterocycles. The molecular formula is C18H17ClN4O2S. The van der Waals surface area contributed by atoms with Crippen molar-refractivity contribution in [2.45, 2.75) is 24.5 Å². The number of aromatic nitrogens is 3. The zero-order valence-corrected chi connectivity index (χ0v) is 15.6. The number of aromatic amines is 1. The topological polar surface area (TPSA) is 87.7 Å². The van der Waals surface area contributed by atoms with Crippen LogP contribution in [0.2, 0.25) is 5.02 Å². The molecule has 1 aromatic carbocycles. The molecule has 0 radical (unpaired) electrons. The summed E-state index contributed by atoms with van der Waals surface area (Å²) in [5.41, 5.74) is 2.26. The van der Waals surface area contributed by atoms with Crippen LogP contribution in [0.5, 0.6) is 0 Å². The lowest BCUT2D eigenvalue weighted by molar-refractivity contribution is -0.125. The lowest BCUT2D eigenvalue weighted by atomic mass is 10.0. The Balaban J connectivity index is 1.58. The largest absolute Gasteiger partial charge is 0.345 e. The number of benzene rings is 1. The maximum atomic E-state index is 12.2. The molecule has 1 amide bonds. The number of imidazole rings is 1. The number of hydrogen-bond acceptors (Lipinski definition) is 5. The number of amides is 1. The van der Waals surface area contributed by atoms with E-state index in [2.05, 4.69) is 20.3 Å². The minimum Gasteiger partial charge on any atom is -0.345 e. The molecule has 1 atom stereocenters. The van der Waals surface area contributed by atoms with Crippen molar-refractivity contribution in [3.05, 3.63) is 53.2 Å². The zero-order chi connectivity index (χ0) is 18.5. The predicted molar refractivity (Wildman–Crippen MR) is 102 cm³/mol. The number of halogens is 1. The van der Waals surface area contributed by atoms with E-state index in [1.807, 2.05) is 30.3 Å². The molecule has 0 saturated heterocycles. The van der Waals surface area contributed by atoms with Gasteiger partial charge in [0.25, 0.3) is 0 Å². The Bertz CT molecular complexity index is 929. The van der Waals surface area contributed by atoms with Gasteiger partial charge in [-0.25, -0.2) is 9.97 Å². The molecule has 6 nitrogen and oxygen atoms in total. The van der Waals surface area contributed by atoms with Crippen LogP contribution in [-0.4, -0.2) is 38.4 Å². The van der Waals surface area contributed by atoms with Crippen molar-refractivity contribution in [1.82, 2.24) is 20.3 Å². The minimum atomic E-state index is -0.540. The molecule has 0 unspecified atom stereocenters. The minimum absolute atomic E-state index is 0.0743. The second kappa shape index (κ2) is 8.33. The van der Waals surface area contributed by atoms with Gasteiger partial charge in [-0.2, -0.15) is 0 Å². The van der Waals surface area contributed by atoms with Gasteiger partial charge in [0.1, 0.15) is 0 Å². The van der Waals surface area contributed by atoms with Crippen LogP contribution in [0.25, 0.3) is 11.2 Å². The number of Topliss-reactive ketones (excluding diaryl/α,β-unsaturated/α-hetero) is 1.